The van der Waals surface area contributed by atoms with Crippen molar-refractivity contribution in [3.05, 3.63) is 51.5 Å². The van der Waals surface area contributed by atoms with E-state index < -0.39 is 0 Å². The summed E-state index contributed by atoms with van der Waals surface area (Å²) in [6.07, 6.45) is 1.87. The molecular weight excluding hydrogens is 202 g/mol. The van der Waals surface area contributed by atoms with Gasteiger partial charge in [-0.1, -0.05) is 6.07 Å². The first-order valence-electron chi connectivity index (χ1n) is 5.00. The van der Waals surface area contributed by atoms with Crippen molar-refractivity contribution < 1.29 is 0 Å². The lowest BCUT2D eigenvalue weighted by molar-refractivity contribution is 1.17. The highest BCUT2D eigenvalue weighted by atomic mass is 32.1. The fourth-order valence-corrected chi connectivity index (χ4v) is 1.88. The molecule has 0 unspecified atom stereocenters. The smallest absolute Gasteiger partial charge is 0.0372 e. The van der Waals surface area contributed by atoms with Crippen LogP contribution in [-0.4, -0.2) is 4.98 Å². The van der Waals surface area contributed by atoms with Gasteiger partial charge in [0.15, 0.2) is 0 Å². The molecule has 0 atom stereocenters. The van der Waals surface area contributed by atoms with Crippen LogP contribution >= 0.6 is 11.3 Å². The minimum atomic E-state index is 1.08. The molecule has 2 aromatic heterocycles. The van der Waals surface area contributed by atoms with E-state index in [0.717, 1.165) is 5.69 Å². The van der Waals surface area contributed by atoms with Crippen molar-refractivity contribution in [2.45, 2.75) is 27.7 Å². The van der Waals surface area contributed by atoms with E-state index in [2.05, 4.69) is 37.0 Å². The van der Waals surface area contributed by atoms with E-state index in [1.54, 1.807) is 0 Å². The molecule has 0 saturated carbocycles. The van der Waals surface area contributed by atoms with Gasteiger partial charge in [0.1, 0.15) is 0 Å². The van der Waals surface area contributed by atoms with Gasteiger partial charge in [0.25, 0.3) is 0 Å². The molecular formula is C13H17NS. The van der Waals surface area contributed by atoms with Crippen LogP contribution in [0, 0.1) is 27.7 Å². The van der Waals surface area contributed by atoms with Crippen LogP contribution in [0.2, 0.25) is 0 Å². The first-order valence-corrected chi connectivity index (χ1v) is 5.82. The van der Waals surface area contributed by atoms with E-state index in [1.807, 2.05) is 37.4 Å². The van der Waals surface area contributed by atoms with Crippen molar-refractivity contribution in [3.8, 4) is 0 Å². The maximum atomic E-state index is 4.08. The summed E-state index contributed by atoms with van der Waals surface area (Å²) in [4.78, 5) is 6.88. The van der Waals surface area contributed by atoms with Crippen molar-refractivity contribution in [3.63, 3.8) is 0 Å². The molecule has 0 saturated heterocycles. The molecule has 2 rings (SSSR count). The Balaban J connectivity index is 0.000000151. The molecule has 0 amide bonds. The second kappa shape index (κ2) is 5.66. The van der Waals surface area contributed by atoms with Crippen molar-refractivity contribution in [1.29, 1.82) is 0 Å². The van der Waals surface area contributed by atoms with Gasteiger partial charge in [-0.25, -0.2) is 0 Å². The Morgan fingerprint density at radius 3 is 1.73 bits per heavy atom. The lowest BCUT2D eigenvalue weighted by atomic mass is 10.3. The summed E-state index contributed by atoms with van der Waals surface area (Å²) < 4.78 is 0. The number of rotatable bonds is 0. The summed E-state index contributed by atoms with van der Waals surface area (Å²) in [7, 11) is 0. The zero-order chi connectivity index (χ0) is 11.3. The van der Waals surface area contributed by atoms with E-state index in [4.69, 9.17) is 0 Å². The molecule has 0 spiro atoms. The van der Waals surface area contributed by atoms with Crippen molar-refractivity contribution >= 4 is 11.3 Å². The molecule has 0 aliphatic carbocycles. The van der Waals surface area contributed by atoms with Gasteiger partial charge in [-0.3, -0.25) is 4.98 Å². The summed E-state index contributed by atoms with van der Waals surface area (Å²) in [5, 5.41) is 0. The van der Waals surface area contributed by atoms with Gasteiger partial charge >= 0.3 is 0 Å². The van der Waals surface area contributed by atoms with Gasteiger partial charge in [-0.05, 0) is 51.5 Å². The summed E-state index contributed by atoms with van der Waals surface area (Å²) in [5.41, 5.74) is 2.30. The van der Waals surface area contributed by atoms with Gasteiger partial charge < -0.3 is 0 Å². The van der Waals surface area contributed by atoms with Gasteiger partial charge in [0, 0.05) is 21.6 Å². The molecule has 0 aromatic carbocycles. The Hall–Kier alpha value is -1.15. The summed E-state index contributed by atoms with van der Waals surface area (Å²) in [6, 6.07) is 8.34. The SMILES string of the molecule is Cc1ccc(C)nc1.Cc1ccc(C)s1. The lowest BCUT2D eigenvalue weighted by Gasteiger charge is -1.89. The number of hydrogen-bond donors (Lipinski definition) is 0. The first kappa shape index (κ1) is 11.9. The normalized spacial score (nSPS) is 9.33. The summed E-state index contributed by atoms with van der Waals surface area (Å²) >= 11 is 1.84. The van der Waals surface area contributed by atoms with E-state index in [1.165, 1.54) is 15.3 Å². The molecule has 15 heavy (non-hydrogen) atoms. The molecule has 0 bridgehead atoms. The molecule has 2 heterocycles. The third-order valence-corrected chi connectivity index (χ3v) is 2.85. The number of hydrogen-bond acceptors (Lipinski definition) is 2. The predicted molar refractivity (Wildman–Crippen MR) is 67.5 cm³/mol. The van der Waals surface area contributed by atoms with E-state index in [-0.39, 0.29) is 0 Å². The lowest BCUT2D eigenvalue weighted by Crippen LogP contribution is -1.78. The Morgan fingerprint density at radius 1 is 0.867 bits per heavy atom. The minimum absolute atomic E-state index is 1.08. The average molecular weight is 219 g/mol. The number of pyridine rings is 1. The number of nitrogens with zero attached hydrogens (tertiary/aromatic N) is 1. The predicted octanol–water partition coefficient (Wildman–Crippen LogP) is 4.06. The largest absolute Gasteiger partial charge is 0.261 e. The van der Waals surface area contributed by atoms with Crippen LogP contribution in [0.15, 0.2) is 30.5 Å². The maximum Gasteiger partial charge on any atom is 0.0372 e. The van der Waals surface area contributed by atoms with Crippen molar-refractivity contribution in [2.75, 3.05) is 0 Å². The second-order valence-corrected chi connectivity index (χ2v) is 5.13. The Labute approximate surface area is 95.8 Å². The van der Waals surface area contributed by atoms with Gasteiger partial charge in [-0.2, -0.15) is 0 Å². The highest BCUT2D eigenvalue weighted by Gasteiger charge is 1.84. The molecule has 2 aromatic rings. The van der Waals surface area contributed by atoms with Crippen LogP contribution in [0.25, 0.3) is 0 Å². The third-order valence-electron chi connectivity index (χ3n) is 1.93. The van der Waals surface area contributed by atoms with Crippen LogP contribution in [0.1, 0.15) is 21.0 Å². The van der Waals surface area contributed by atoms with Crippen molar-refractivity contribution in [1.82, 2.24) is 4.98 Å². The molecule has 0 aliphatic rings. The van der Waals surface area contributed by atoms with Crippen molar-refractivity contribution in [2.24, 2.45) is 0 Å². The Kier molecular flexibility index (Phi) is 4.50. The fraction of sp³-hybridized carbons (Fsp3) is 0.308. The zero-order valence-electron chi connectivity index (χ0n) is 9.74. The summed E-state index contributed by atoms with van der Waals surface area (Å²) in [6.45, 7) is 8.27. The van der Waals surface area contributed by atoms with Gasteiger partial charge in [0.05, 0.1) is 0 Å². The molecule has 0 N–H and O–H groups in total. The second-order valence-electron chi connectivity index (χ2n) is 3.63. The maximum absolute atomic E-state index is 4.08. The molecule has 1 nitrogen and oxygen atoms in total. The van der Waals surface area contributed by atoms with Crippen LogP contribution < -0.4 is 0 Å². The summed E-state index contributed by atoms with van der Waals surface area (Å²) in [5.74, 6) is 0. The molecule has 0 aliphatic heterocycles. The van der Waals surface area contributed by atoms with Crippen LogP contribution in [-0.2, 0) is 0 Å². The fourth-order valence-electron chi connectivity index (χ4n) is 1.10. The Bertz CT molecular complexity index is 363. The van der Waals surface area contributed by atoms with E-state index in [0.29, 0.717) is 0 Å². The Morgan fingerprint density at radius 2 is 1.47 bits per heavy atom. The van der Waals surface area contributed by atoms with E-state index >= 15 is 0 Å². The van der Waals surface area contributed by atoms with Crippen LogP contribution in [0.4, 0.5) is 0 Å². The minimum Gasteiger partial charge on any atom is -0.261 e. The van der Waals surface area contributed by atoms with Gasteiger partial charge in [0.2, 0.25) is 0 Å². The zero-order valence-corrected chi connectivity index (χ0v) is 10.6. The first-order chi connectivity index (χ1) is 7.08. The van der Waals surface area contributed by atoms with Crippen LogP contribution in [0.3, 0.4) is 0 Å². The van der Waals surface area contributed by atoms with E-state index in [9.17, 15) is 0 Å². The van der Waals surface area contributed by atoms with Gasteiger partial charge in [-0.15, -0.1) is 11.3 Å². The standard InChI is InChI=1S/C7H9N.C6H8S/c1-6-3-4-7(2)8-5-6;1-5-3-4-6(2)7-5/h3-5H,1-2H3;3-4H,1-2H3. The highest BCUT2D eigenvalue weighted by Crippen LogP contribution is 2.12. The number of aryl methyl sites for hydroxylation is 4. The topological polar surface area (TPSA) is 12.9 Å². The third kappa shape index (κ3) is 4.75. The monoisotopic (exact) mass is 219 g/mol. The number of aromatic nitrogens is 1. The quantitative estimate of drug-likeness (QED) is 0.651. The average Bonchev–Trinajstić information content (AvgIpc) is 2.56. The molecule has 0 fully saturated rings. The molecule has 80 valence electrons. The highest BCUT2D eigenvalue weighted by molar-refractivity contribution is 7.11. The molecule has 0 radical (unpaired) electrons. The number of thiophene rings is 1. The molecule has 2 heteroatoms. The van der Waals surface area contributed by atoms with Crippen LogP contribution in [0.5, 0.6) is 0 Å².